The molecule has 1 heteroatoms. The first-order valence-corrected chi connectivity index (χ1v) is 3.43. The van der Waals surface area contributed by atoms with E-state index in [4.69, 9.17) is 0 Å². The average molecular weight is 275 g/mol. The van der Waals surface area contributed by atoms with E-state index in [9.17, 15) is 0 Å². The molecule has 0 atom stereocenters. The molecule has 0 aromatic rings. The van der Waals surface area contributed by atoms with E-state index >= 15 is 0 Å². The molecule has 0 saturated heterocycles. The Balaban J connectivity index is 0. The van der Waals surface area contributed by atoms with Gasteiger partial charge in [-0.3, -0.25) is 12.2 Å². The zero-order chi connectivity index (χ0) is 7.07. The molecular weight excluding hydrogens is 264 g/mol. The third-order valence-corrected chi connectivity index (χ3v) is 1.17. The Morgan fingerprint density at radius 3 is 1.45 bits per heavy atom. The van der Waals surface area contributed by atoms with Crippen LogP contribution in [0.3, 0.4) is 0 Å². The van der Waals surface area contributed by atoms with E-state index in [0.717, 1.165) is 12.8 Å². The van der Waals surface area contributed by atoms with Gasteiger partial charge >= 0.3 is 40.8 Å². The van der Waals surface area contributed by atoms with Gasteiger partial charge in [0.1, 0.15) is 0 Å². The average Bonchev–Trinajstić information content (AvgIpc) is 2.67. The second kappa shape index (κ2) is 8.41. The standard InChI is InChI=1S/2C5H5.Nd.H/c2*1-2-4-5-3-1;;/h2*1-3H,4H2;;/q2*-1;+3;-1. The summed E-state index contributed by atoms with van der Waals surface area (Å²) >= 11 is 0. The Kier molecular flexibility index (Phi) is 8.65. The van der Waals surface area contributed by atoms with Gasteiger partial charge in [0.2, 0.25) is 0 Å². The predicted octanol–water partition coefficient (Wildman–Crippen LogP) is 2.72. The summed E-state index contributed by atoms with van der Waals surface area (Å²) in [6.45, 7) is 0. The van der Waals surface area contributed by atoms with Gasteiger partial charge in [-0.2, -0.15) is 12.2 Å². The van der Waals surface area contributed by atoms with Gasteiger partial charge < -0.3 is 1.43 Å². The minimum absolute atomic E-state index is 0. The van der Waals surface area contributed by atoms with Crippen LogP contribution >= 0.6 is 0 Å². The predicted molar refractivity (Wildman–Crippen MR) is 44.3 cm³/mol. The third kappa shape index (κ3) is 6.70. The fourth-order valence-electron chi connectivity index (χ4n) is 0.680. The minimum atomic E-state index is 0. The van der Waals surface area contributed by atoms with Crippen LogP contribution in [0.1, 0.15) is 14.3 Å². The molecule has 2 aliphatic carbocycles. The van der Waals surface area contributed by atoms with Gasteiger partial charge in [-0.05, 0) is 0 Å². The minimum Gasteiger partial charge on any atom is -1.00 e. The number of allylic oxidation sites excluding steroid dienone is 8. The Morgan fingerprint density at radius 2 is 1.36 bits per heavy atom. The van der Waals surface area contributed by atoms with Gasteiger partial charge in [-0.15, -0.1) is 12.8 Å². The van der Waals surface area contributed by atoms with Crippen LogP contribution in [0.25, 0.3) is 0 Å². The van der Waals surface area contributed by atoms with Crippen LogP contribution in [0.15, 0.2) is 36.5 Å². The quantitative estimate of drug-likeness (QED) is 0.596. The molecule has 11 heavy (non-hydrogen) atoms. The number of hydrogen-bond acceptors (Lipinski definition) is 0. The summed E-state index contributed by atoms with van der Waals surface area (Å²) in [7, 11) is 0. The Bertz CT molecular complexity index is 148. The second-order valence-corrected chi connectivity index (χ2v) is 2.01. The van der Waals surface area contributed by atoms with Gasteiger partial charge in [-0.25, -0.2) is 24.3 Å². The molecule has 0 spiro atoms. The van der Waals surface area contributed by atoms with Crippen molar-refractivity contribution in [3.05, 3.63) is 48.6 Å². The molecule has 0 aromatic heterocycles. The van der Waals surface area contributed by atoms with Crippen molar-refractivity contribution < 1.29 is 42.3 Å². The summed E-state index contributed by atoms with van der Waals surface area (Å²) in [5.74, 6) is 0. The largest absolute Gasteiger partial charge is 3.00 e. The van der Waals surface area contributed by atoms with Crippen molar-refractivity contribution >= 4 is 0 Å². The smallest absolute Gasteiger partial charge is 1.00 e. The molecule has 0 unspecified atom stereocenters. The van der Waals surface area contributed by atoms with Crippen LogP contribution in [0.4, 0.5) is 0 Å². The summed E-state index contributed by atoms with van der Waals surface area (Å²) < 4.78 is 0. The van der Waals surface area contributed by atoms with Crippen molar-refractivity contribution in [2.24, 2.45) is 0 Å². The molecule has 2 aliphatic rings. The van der Waals surface area contributed by atoms with E-state index in [1.54, 1.807) is 0 Å². The van der Waals surface area contributed by atoms with Crippen LogP contribution in [-0.2, 0) is 0 Å². The molecule has 0 heterocycles. The maximum absolute atomic E-state index is 2.99. The molecule has 0 fully saturated rings. The van der Waals surface area contributed by atoms with E-state index < -0.39 is 0 Å². The van der Waals surface area contributed by atoms with Crippen molar-refractivity contribution in [1.82, 2.24) is 0 Å². The van der Waals surface area contributed by atoms with Crippen LogP contribution in [0.2, 0.25) is 0 Å². The Morgan fingerprint density at radius 1 is 0.909 bits per heavy atom. The molecule has 1 radical (unpaired) electrons. The Labute approximate surface area is 103 Å². The van der Waals surface area contributed by atoms with Gasteiger partial charge in [0, 0.05) is 0 Å². The maximum atomic E-state index is 2.99. The first kappa shape index (κ1) is 11.3. The van der Waals surface area contributed by atoms with Gasteiger partial charge in [-0.1, -0.05) is 0 Å². The van der Waals surface area contributed by atoms with Crippen molar-refractivity contribution in [1.29, 1.82) is 0 Å². The number of hydrogen-bond donors (Lipinski definition) is 0. The zero-order valence-corrected chi connectivity index (χ0v) is 9.59. The Hall–Kier alpha value is 0.311. The van der Waals surface area contributed by atoms with Crippen molar-refractivity contribution in [2.45, 2.75) is 12.8 Å². The van der Waals surface area contributed by atoms with E-state index in [0.29, 0.717) is 0 Å². The summed E-state index contributed by atoms with van der Waals surface area (Å²) in [6.07, 6.45) is 20.0. The molecule has 0 amide bonds. The normalized spacial score (nSPS) is 16.0. The first-order chi connectivity index (χ1) is 5.00. The maximum Gasteiger partial charge on any atom is 3.00 e. The monoisotopic (exact) mass is 273 g/mol. The molecule has 0 N–H and O–H groups in total. The molecule has 0 saturated carbocycles. The summed E-state index contributed by atoms with van der Waals surface area (Å²) in [5, 5.41) is 0. The van der Waals surface area contributed by atoms with Crippen LogP contribution < -0.4 is 0 Å². The topological polar surface area (TPSA) is 0 Å². The molecule has 0 aliphatic heterocycles. The van der Waals surface area contributed by atoms with Crippen LogP contribution in [-0.4, -0.2) is 0 Å². The third-order valence-electron chi connectivity index (χ3n) is 1.17. The molecule has 0 nitrogen and oxygen atoms in total. The van der Waals surface area contributed by atoms with Gasteiger partial charge in [0.05, 0.1) is 0 Å². The molecule has 2 rings (SSSR count). The fraction of sp³-hybridized carbons (Fsp3) is 0.200. The first-order valence-electron chi connectivity index (χ1n) is 3.43. The molecular formula is C10H11Nd. The summed E-state index contributed by atoms with van der Waals surface area (Å²) in [4.78, 5) is 0. The van der Waals surface area contributed by atoms with E-state index in [-0.39, 0.29) is 42.3 Å². The van der Waals surface area contributed by atoms with Gasteiger partial charge in [0.25, 0.3) is 0 Å². The second-order valence-electron chi connectivity index (χ2n) is 2.01. The molecule has 0 bridgehead atoms. The van der Waals surface area contributed by atoms with Crippen LogP contribution in [0, 0.1) is 53.0 Å². The van der Waals surface area contributed by atoms with Crippen molar-refractivity contribution in [3.63, 3.8) is 0 Å². The van der Waals surface area contributed by atoms with E-state index in [1.807, 2.05) is 24.3 Å². The fourth-order valence-corrected chi connectivity index (χ4v) is 0.680. The van der Waals surface area contributed by atoms with Crippen molar-refractivity contribution in [3.8, 4) is 0 Å². The molecule has 0 aromatic carbocycles. The number of rotatable bonds is 0. The van der Waals surface area contributed by atoms with E-state index in [1.165, 1.54) is 0 Å². The zero-order valence-electron chi connectivity index (χ0n) is 7.38. The SMILES string of the molecule is [C-]1=CC=CC1.[C-]1=CC=CC1.[H-].[Nd+3]. The molecule has 55 valence electrons. The summed E-state index contributed by atoms with van der Waals surface area (Å²) in [5.41, 5.74) is 0. The summed E-state index contributed by atoms with van der Waals surface area (Å²) in [6, 6.07) is 0. The van der Waals surface area contributed by atoms with Gasteiger partial charge in [0.15, 0.2) is 0 Å². The van der Waals surface area contributed by atoms with Crippen molar-refractivity contribution in [2.75, 3.05) is 0 Å². The van der Waals surface area contributed by atoms with E-state index in [2.05, 4.69) is 24.3 Å². The van der Waals surface area contributed by atoms with Crippen LogP contribution in [0.5, 0.6) is 0 Å².